The second-order valence-corrected chi connectivity index (χ2v) is 3.86. The molecule has 4 nitrogen and oxygen atoms in total. The SMILES string of the molecule is COC(C)C(=O)Nc1ccc(C#CCO)c(C)c1. The van der Waals surface area contributed by atoms with Crippen LogP contribution in [0.3, 0.4) is 0 Å². The summed E-state index contributed by atoms with van der Waals surface area (Å²) < 4.78 is 4.93. The van der Waals surface area contributed by atoms with Gasteiger partial charge in [0.15, 0.2) is 0 Å². The maximum absolute atomic E-state index is 11.6. The lowest BCUT2D eigenvalue weighted by atomic mass is 10.1. The predicted octanol–water partition coefficient (Wildman–Crippen LogP) is 1.31. The number of ether oxygens (including phenoxy) is 1. The predicted molar refractivity (Wildman–Crippen MR) is 70.2 cm³/mol. The van der Waals surface area contributed by atoms with E-state index in [0.29, 0.717) is 5.69 Å². The molecule has 96 valence electrons. The Morgan fingerprint density at radius 3 is 2.83 bits per heavy atom. The molecule has 0 fully saturated rings. The van der Waals surface area contributed by atoms with Crippen molar-refractivity contribution in [2.75, 3.05) is 19.0 Å². The van der Waals surface area contributed by atoms with Gasteiger partial charge in [0.1, 0.15) is 12.7 Å². The smallest absolute Gasteiger partial charge is 0.253 e. The van der Waals surface area contributed by atoms with Crippen molar-refractivity contribution in [2.45, 2.75) is 20.0 Å². The van der Waals surface area contributed by atoms with Crippen molar-refractivity contribution in [1.29, 1.82) is 0 Å². The van der Waals surface area contributed by atoms with E-state index in [9.17, 15) is 4.79 Å². The molecule has 0 bridgehead atoms. The van der Waals surface area contributed by atoms with Gasteiger partial charge >= 0.3 is 0 Å². The number of carbonyl (C=O) groups excluding carboxylic acids is 1. The summed E-state index contributed by atoms with van der Waals surface area (Å²) in [5.41, 5.74) is 2.48. The largest absolute Gasteiger partial charge is 0.384 e. The fraction of sp³-hybridized carbons (Fsp3) is 0.357. The third-order valence-electron chi connectivity index (χ3n) is 2.52. The molecule has 1 atom stereocenters. The number of nitrogens with one attached hydrogen (secondary N) is 1. The van der Waals surface area contributed by atoms with Gasteiger partial charge in [-0.3, -0.25) is 4.79 Å². The Balaban J connectivity index is 2.82. The van der Waals surface area contributed by atoms with Crippen LogP contribution in [0.25, 0.3) is 0 Å². The van der Waals surface area contributed by atoms with E-state index in [4.69, 9.17) is 9.84 Å². The van der Waals surface area contributed by atoms with Gasteiger partial charge in [-0.15, -0.1) is 0 Å². The first-order valence-electron chi connectivity index (χ1n) is 5.62. The zero-order valence-corrected chi connectivity index (χ0v) is 10.8. The molecule has 0 aliphatic carbocycles. The minimum Gasteiger partial charge on any atom is -0.384 e. The minimum atomic E-state index is -0.487. The highest BCUT2D eigenvalue weighted by atomic mass is 16.5. The highest BCUT2D eigenvalue weighted by molar-refractivity contribution is 5.94. The number of aliphatic hydroxyl groups excluding tert-OH is 1. The number of aliphatic hydroxyl groups is 1. The molecule has 1 amide bonds. The van der Waals surface area contributed by atoms with Gasteiger partial charge in [-0.05, 0) is 37.6 Å². The lowest BCUT2D eigenvalue weighted by Crippen LogP contribution is -2.26. The zero-order chi connectivity index (χ0) is 13.5. The van der Waals surface area contributed by atoms with Crippen molar-refractivity contribution < 1.29 is 14.6 Å². The summed E-state index contributed by atoms with van der Waals surface area (Å²) in [5.74, 6) is 5.24. The van der Waals surface area contributed by atoms with Crippen LogP contribution in [0.1, 0.15) is 18.1 Å². The number of methoxy groups -OCH3 is 1. The molecular weight excluding hydrogens is 230 g/mol. The van der Waals surface area contributed by atoms with Crippen LogP contribution in [0, 0.1) is 18.8 Å². The summed E-state index contributed by atoms with van der Waals surface area (Å²) in [4.78, 5) is 11.6. The maximum Gasteiger partial charge on any atom is 0.253 e. The summed E-state index contributed by atoms with van der Waals surface area (Å²) in [7, 11) is 1.49. The van der Waals surface area contributed by atoms with Crippen LogP contribution in [-0.2, 0) is 9.53 Å². The van der Waals surface area contributed by atoms with Gasteiger partial charge in [-0.2, -0.15) is 0 Å². The third kappa shape index (κ3) is 3.88. The molecule has 0 spiro atoms. The number of anilines is 1. The lowest BCUT2D eigenvalue weighted by Gasteiger charge is -2.11. The molecule has 0 aliphatic rings. The molecule has 1 unspecified atom stereocenters. The van der Waals surface area contributed by atoms with E-state index in [2.05, 4.69) is 17.2 Å². The number of carbonyl (C=O) groups is 1. The molecule has 0 aromatic heterocycles. The van der Waals surface area contributed by atoms with Crippen molar-refractivity contribution in [3.05, 3.63) is 29.3 Å². The van der Waals surface area contributed by atoms with Crippen molar-refractivity contribution in [3.63, 3.8) is 0 Å². The van der Waals surface area contributed by atoms with Crippen LogP contribution in [0.5, 0.6) is 0 Å². The molecule has 1 aromatic carbocycles. The van der Waals surface area contributed by atoms with Gasteiger partial charge in [0.05, 0.1) is 0 Å². The van der Waals surface area contributed by atoms with Gasteiger partial charge in [0.2, 0.25) is 0 Å². The quantitative estimate of drug-likeness (QED) is 0.792. The van der Waals surface area contributed by atoms with Crippen molar-refractivity contribution in [2.24, 2.45) is 0 Å². The fourth-order valence-electron chi connectivity index (χ4n) is 1.37. The molecular formula is C14H17NO3. The van der Waals surface area contributed by atoms with Crippen molar-refractivity contribution in [1.82, 2.24) is 0 Å². The van der Waals surface area contributed by atoms with Crippen LogP contribution >= 0.6 is 0 Å². The summed E-state index contributed by atoms with van der Waals surface area (Å²) in [6.07, 6.45) is -0.487. The second kappa shape index (κ2) is 6.80. The highest BCUT2D eigenvalue weighted by Crippen LogP contribution is 2.14. The van der Waals surface area contributed by atoms with E-state index in [1.165, 1.54) is 7.11 Å². The van der Waals surface area contributed by atoms with E-state index >= 15 is 0 Å². The Bertz CT molecular complexity index is 486. The number of rotatable bonds is 3. The Hall–Kier alpha value is -1.83. The first kappa shape index (κ1) is 14.2. The summed E-state index contributed by atoms with van der Waals surface area (Å²) >= 11 is 0. The molecule has 0 heterocycles. The maximum atomic E-state index is 11.6. The zero-order valence-electron chi connectivity index (χ0n) is 10.8. The first-order valence-corrected chi connectivity index (χ1v) is 5.62. The molecule has 2 N–H and O–H groups in total. The van der Waals surface area contributed by atoms with E-state index in [-0.39, 0.29) is 12.5 Å². The third-order valence-corrected chi connectivity index (χ3v) is 2.52. The standard InChI is InChI=1S/C14H17NO3/c1-10-9-13(15-14(17)11(2)18-3)7-6-12(10)5-4-8-16/h6-7,9,11,16H,8H2,1-3H3,(H,15,17). The summed E-state index contributed by atoms with van der Waals surface area (Å²) in [6, 6.07) is 5.42. The highest BCUT2D eigenvalue weighted by Gasteiger charge is 2.11. The molecule has 0 saturated heterocycles. The van der Waals surface area contributed by atoms with Gasteiger partial charge in [-0.25, -0.2) is 0 Å². The van der Waals surface area contributed by atoms with Crippen LogP contribution < -0.4 is 5.32 Å². The molecule has 0 radical (unpaired) electrons. The van der Waals surface area contributed by atoms with Crippen molar-refractivity contribution in [3.8, 4) is 11.8 Å². The Morgan fingerprint density at radius 2 is 2.28 bits per heavy atom. The van der Waals surface area contributed by atoms with E-state index in [1.807, 2.05) is 19.1 Å². The summed E-state index contributed by atoms with van der Waals surface area (Å²) in [6.45, 7) is 3.42. The topological polar surface area (TPSA) is 58.6 Å². The van der Waals surface area contributed by atoms with Gasteiger partial charge < -0.3 is 15.2 Å². The molecule has 1 rings (SSSR count). The number of aryl methyl sites for hydroxylation is 1. The Kier molecular flexibility index (Phi) is 5.37. The van der Waals surface area contributed by atoms with E-state index in [0.717, 1.165) is 11.1 Å². The average Bonchev–Trinajstić information content (AvgIpc) is 2.36. The molecule has 4 heteroatoms. The fourth-order valence-corrected chi connectivity index (χ4v) is 1.37. The number of benzene rings is 1. The minimum absolute atomic E-state index is 0.163. The molecule has 0 saturated carbocycles. The van der Waals surface area contributed by atoms with E-state index < -0.39 is 6.10 Å². The van der Waals surface area contributed by atoms with Gasteiger partial charge in [0.25, 0.3) is 5.91 Å². The monoisotopic (exact) mass is 247 g/mol. The number of amides is 1. The average molecular weight is 247 g/mol. The van der Waals surface area contributed by atoms with Crippen LogP contribution in [0.15, 0.2) is 18.2 Å². The van der Waals surface area contributed by atoms with Crippen LogP contribution in [0.2, 0.25) is 0 Å². The first-order chi connectivity index (χ1) is 8.58. The number of hydrogen-bond donors (Lipinski definition) is 2. The molecule has 0 aliphatic heterocycles. The Morgan fingerprint density at radius 1 is 1.56 bits per heavy atom. The summed E-state index contributed by atoms with van der Waals surface area (Å²) in [5, 5.41) is 11.4. The van der Waals surface area contributed by atoms with Crippen LogP contribution in [-0.4, -0.2) is 30.8 Å². The second-order valence-electron chi connectivity index (χ2n) is 3.86. The normalized spacial score (nSPS) is 11.3. The molecule has 1 aromatic rings. The van der Waals surface area contributed by atoms with Crippen LogP contribution in [0.4, 0.5) is 5.69 Å². The number of hydrogen-bond acceptors (Lipinski definition) is 3. The van der Waals surface area contributed by atoms with Crippen molar-refractivity contribution >= 4 is 11.6 Å². The molecule has 18 heavy (non-hydrogen) atoms. The Labute approximate surface area is 107 Å². The van der Waals surface area contributed by atoms with Gasteiger partial charge in [-0.1, -0.05) is 11.8 Å². The van der Waals surface area contributed by atoms with E-state index in [1.54, 1.807) is 13.0 Å². The van der Waals surface area contributed by atoms with Gasteiger partial charge in [0, 0.05) is 18.4 Å². The lowest BCUT2D eigenvalue weighted by molar-refractivity contribution is -0.124.